The highest BCUT2D eigenvalue weighted by Gasteiger charge is 2.48. The Morgan fingerprint density at radius 2 is 1.79 bits per heavy atom. The molecular weight excluding hydrogens is 556 g/mol. The first-order valence-electron chi connectivity index (χ1n) is 11.7. The maximum atomic E-state index is 13.4. The Balaban J connectivity index is 1.51. The van der Waals surface area contributed by atoms with Crippen molar-refractivity contribution in [3.63, 3.8) is 0 Å². The van der Waals surface area contributed by atoms with Gasteiger partial charge in [-0.3, -0.25) is 19.5 Å². The van der Waals surface area contributed by atoms with Crippen LogP contribution in [0.5, 0.6) is 5.75 Å². The van der Waals surface area contributed by atoms with Gasteiger partial charge in [0.05, 0.1) is 11.6 Å². The molecule has 0 bridgehead atoms. The van der Waals surface area contributed by atoms with Gasteiger partial charge in [0.2, 0.25) is 5.13 Å². The number of aromatic nitrogens is 3. The van der Waals surface area contributed by atoms with Crippen LogP contribution in [0, 0.1) is 0 Å². The first-order chi connectivity index (χ1) is 19.0. The van der Waals surface area contributed by atoms with Crippen LogP contribution in [0.25, 0.3) is 5.76 Å². The third-order valence-electron chi connectivity index (χ3n) is 5.84. The summed E-state index contributed by atoms with van der Waals surface area (Å²) in [4.78, 5) is 31.9. The number of amides is 1. The number of thioether (sulfide) groups is 1. The summed E-state index contributed by atoms with van der Waals surface area (Å²) in [7, 11) is 0. The van der Waals surface area contributed by atoms with E-state index in [2.05, 4.69) is 21.8 Å². The van der Waals surface area contributed by atoms with E-state index in [-0.39, 0.29) is 16.5 Å². The van der Waals surface area contributed by atoms with Gasteiger partial charge in [-0.15, -0.1) is 10.2 Å². The summed E-state index contributed by atoms with van der Waals surface area (Å²) in [5.41, 5.74) is 1.98. The summed E-state index contributed by atoms with van der Waals surface area (Å²) in [5.74, 6) is -0.680. The lowest BCUT2D eigenvalue weighted by Gasteiger charge is -2.22. The molecule has 39 heavy (non-hydrogen) atoms. The number of anilines is 1. The molecule has 1 saturated heterocycles. The molecule has 8 nitrogen and oxygen atoms in total. The standard InChI is InChI=1S/C28H21ClN4O4S2/c1-2-15-37-21-9-5-18(6-10-21)23-22(24(34)19-11-13-30-14-12-19)25(35)26(36)33(23)27-31-32-28(39-27)38-16-17-3-7-20(29)8-4-17/h2-14,23,34H,1,15-16H2. The normalized spacial score (nSPS) is 16.4. The highest BCUT2D eigenvalue weighted by molar-refractivity contribution is 8.00. The lowest BCUT2D eigenvalue weighted by atomic mass is 9.95. The van der Waals surface area contributed by atoms with Crippen LogP contribution in [0.3, 0.4) is 0 Å². The van der Waals surface area contributed by atoms with Crippen LogP contribution in [0.4, 0.5) is 5.13 Å². The number of rotatable bonds is 9. The fourth-order valence-corrected chi connectivity index (χ4v) is 5.95. The van der Waals surface area contributed by atoms with Gasteiger partial charge in [-0.25, -0.2) is 0 Å². The van der Waals surface area contributed by atoms with E-state index in [4.69, 9.17) is 16.3 Å². The first kappa shape index (κ1) is 26.6. The minimum absolute atomic E-state index is 0.0449. The number of pyridine rings is 1. The molecule has 196 valence electrons. The molecular formula is C28H21ClN4O4S2. The maximum Gasteiger partial charge on any atom is 0.301 e. The Morgan fingerprint density at radius 3 is 2.49 bits per heavy atom. The number of carbonyl (C=O) groups excluding carboxylic acids is 2. The minimum Gasteiger partial charge on any atom is -0.507 e. The van der Waals surface area contributed by atoms with Crippen molar-refractivity contribution in [1.29, 1.82) is 0 Å². The van der Waals surface area contributed by atoms with Crippen molar-refractivity contribution in [3.8, 4) is 5.75 Å². The Kier molecular flexibility index (Phi) is 8.06. The number of carbonyl (C=O) groups is 2. The molecule has 0 radical (unpaired) electrons. The quantitative estimate of drug-likeness (QED) is 0.0639. The number of aliphatic hydroxyl groups excluding tert-OH is 1. The molecule has 2 aromatic heterocycles. The van der Waals surface area contributed by atoms with Crippen LogP contribution in [-0.2, 0) is 15.3 Å². The zero-order valence-corrected chi connectivity index (χ0v) is 22.7. The molecule has 3 heterocycles. The van der Waals surface area contributed by atoms with E-state index in [0.717, 1.165) is 5.56 Å². The summed E-state index contributed by atoms with van der Waals surface area (Å²) < 4.78 is 6.21. The number of benzene rings is 2. The van der Waals surface area contributed by atoms with Crippen LogP contribution in [0.15, 0.2) is 95.6 Å². The highest BCUT2D eigenvalue weighted by atomic mass is 35.5. The zero-order valence-electron chi connectivity index (χ0n) is 20.4. The number of ketones is 1. The van der Waals surface area contributed by atoms with Crippen LogP contribution in [0.1, 0.15) is 22.7 Å². The minimum atomic E-state index is -0.923. The van der Waals surface area contributed by atoms with E-state index in [9.17, 15) is 14.7 Å². The molecule has 1 aliphatic rings. The highest BCUT2D eigenvalue weighted by Crippen LogP contribution is 2.44. The van der Waals surface area contributed by atoms with E-state index in [1.807, 2.05) is 24.3 Å². The molecule has 1 fully saturated rings. The SMILES string of the molecule is C=CCOc1ccc(C2C(=C(O)c3ccncc3)C(=O)C(=O)N2c2nnc(SCc3ccc(Cl)cc3)s2)cc1. The van der Waals surface area contributed by atoms with Crippen molar-refractivity contribution in [1.82, 2.24) is 15.2 Å². The van der Waals surface area contributed by atoms with E-state index in [1.165, 1.54) is 40.4 Å². The second kappa shape index (κ2) is 11.8. The molecule has 11 heteroatoms. The largest absolute Gasteiger partial charge is 0.507 e. The van der Waals surface area contributed by atoms with Crippen LogP contribution in [-0.4, -0.2) is 38.6 Å². The molecule has 5 rings (SSSR count). The average molecular weight is 577 g/mol. The second-order valence-electron chi connectivity index (χ2n) is 8.34. The summed E-state index contributed by atoms with van der Waals surface area (Å²) in [6.07, 6.45) is 4.64. The lowest BCUT2D eigenvalue weighted by molar-refractivity contribution is -0.132. The molecule has 1 amide bonds. The molecule has 1 N–H and O–H groups in total. The Bertz CT molecular complexity index is 1540. The topological polar surface area (TPSA) is 106 Å². The number of hydrogen-bond acceptors (Lipinski definition) is 9. The van der Waals surface area contributed by atoms with Gasteiger partial charge in [0.1, 0.15) is 18.1 Å². The van der Waals surface area contributed by atoms with Crippen LogP contribution >= 0.6 is 34.7 Å². The van der Waals surface area contributed by atoms with Gasteiger partial charge in [0, 0.05) is 28.7 Å². The molecule has 1 atom stereocenters. The van der Waals surface area contributed by atoms with Gasteiger partial charge in [0.15, 0.2) is 4.34 Å². The third kappa shape index (κ3) is 5.73. The van der Waals surface area contributed by atoms with Gasteiger partial charge in [-0.1, -0.05) is 71.6 Å². The fourth-order valence-electron chi connectivity index (χ4n) is 4.00. The fraction of sp³-hybridized carbons (Fsp3) is 0.107. The van der Waals surface area contributed by atoms with Crippen molar-refractivity contribution in [3.05, 3.63) is 113 Å². The summed E-state index contributed by atoms with van der Waals surface area (Å²) in [6, 6.07) is 16.7. The van der Waals surface area contributed by atoms with Gasteiger partial charge in [-0.2, -0.15) is 0 Å². The Labute approximate surface area is 237 Å². The molecule has 1 aliphatic heterocycles. The Hall–Kier alpha value is -3.99. The summed E-state index contributed by atoms with van der Waals surface area (Å²) >= 11 is 8.63. The van der Waals surface area contributed by atoms with Gasteiger partial charge < -0.3 is 9.84 Å². The summed E-state index contributed by atoms with van der Waals surface area (Å²) in [6.45, 7) is 3.98. The number of halogens is 1. The van der Waals surface area contributed by atoms with E-state index >= 15 is 0 Å². The molecule has 0 spiro atoms. The van der Waals surface area contributed by atoms with E-state index in [1.54, 1.807) is 42.5 Å². The number of nitrogens with zero attached hydrogens (tertiary/aromatic N) is 4. The van der Waals surface area contributed by atoms with Crippen molar-refractivity contribution in [2.45, 2.75) is 16.1 Å². The van der Waals surface area contributed by atoms with Crippen molar-refractivity contribution >= 4 is 57.3 Å². The second-order valence-corrected chi connectivity index (χ2v) is 11.0. The monoisotopic (exact) mass is 576 g/mol. The number of aliphatic hydroxyl groups is 1. The molecule has 2 aromatic carbocycles. The number of ether oxygens (including phenoxy) is 1. The molecule has 0 saturated carbocycles. The van der Waals surface area contributed by atoms with Gasteiger partial charge in [-0.05, 0) is 47.5 Å². The third-order valence-corrected chi connectivity index (χ3v) is 8.22. The predicted octanol–water partition coefficient (Wildman–Crippen LogP) is 6.07. The molecule has 0 aliphatic carbocycles. The van der Waals surface area contributed by atoms with Crippen LogP contribution < -0.4 is 9.64 Å². The molecule has 1 unspecified atom stereocenters. The van der Waals surface area contributed by atoms with Crippen LogP contribution in [0.2, 0.25) is 5.02 Å². The smallest absolute Gasteiger partial charge is 0.301 e. The zero-order chi connectivity index (χ0) is 27.4. The van der Waals surface area contributed by atoms with Gasteiger partial charge >= 0.3 is 5.91 Å². The average Bonchev–Trinajstić information content (AvgIpc) is 3.54. The lowest BCUT2D eigenvalue weighted by Crippen LogP contribution is -2.29. The number of Topliss-reactive ketones (excluding diaryl/α,β-unsaturated/α-hetero) is 1. The Morgan fingerprint density at radius 1 is 1.08 bits per heavy atom. The van der Waals surface area contributed by atoms with Crippen molar-refractivity contribution in [2.24, 2.45) is 0 Å². The van der Waals surface area contributed by atoms with E-state index < -0.39 is 17.7 Å². The number of hydrogen-bond donors (Lipinski definition) is 1. The first-order valence-corrected chi connectivity index (χ1v) is 13.9. The maximum absolute atomic E-state index is 13.4. The van der Waals surface area contributed by atoms with Gasteiger partial charge in [0.25, 0.3) is 5.78 Å². The van der Waals surface area contributed by atoms with Crippen molar-refractivity contribution in [2.75, 3.05) is 11.5 Å². The predicted molar refractivity (Wildman–Crippen MR) is 152 cm³/mol. The van der Waals surface area contributed by atoms with Crippen molar-refractivity contribution < 1.29 is 19.4 Å². The summed E-state index contributed by atoms with van der Waals surface area (Å²) in [5, 5.41) is 20.6. The van der Waals surface area contributed by atoms with E-state index in [0.29, 0.717) is 38.6 Å². The molecule has 4 aromatic rings.